The number of hydrogen-bond acceptors (Lipinski definition) is 11. The highest BCUT2D eigenvalue weighted by atomic mass is 16.7. The number of Topliss-reactive ketones (excluding diaryl/α,β-unsaturated/α-hetero) is 2. The first kappa shape index (κ1) is 85.3. The summed E-state index contributed by atoms with van der Waals surface area (Å²) in [6.45, 7) is 71.4. The van der Waals surface area contributed by atoms with Crippen molar-refractivity contribution in [2.45, 2.75) is 335 Å². The van der Waals surface area contributed by atoms with Crippen molar-refractivity contribution < 1.29 is 19.1 Å². The number of carbonyl (C=O) groups excluding carboxylic acids is 2. The van der Waals surface area contributed by atoms with Gasteiger partial charge in [-0.3, -0.25) is 39.0 Å². The van der Waals surface area contributed by atoms with Gasteiger partial charge in [0.15, 0.2) is 5.79 Å². The number of benzene rings is 2. The lowest BCUT2D eigenvalue weighted by Crippen LogP contribution is -2.53. The van der Waals surface area contributed by atoms with E-state index in [1.165, 1.54) is 126 Å². The van der Waals surface area contributed by atoms with Crippen LogP contribution in [0.2, 0.25) is 0 Å². The standard InChI is InChI=1S/2C13H19N.C11H21NO2.2C11H21NO.C11H23N.C9H19N.2CH4/c1-13(2,3)14-10-6-8-11-7-4-5-9-12(11)14;1-13(2,3)14-9-8-11-6-4-5-7-12(11)10-14;1-10(2,3)12-6-4-11(5-7-12)13-8-9-14-11;1-9(13)10-6-5-7-12(8-10)11(2,3)4;1-9(13)10-7-5-6-8-12(10)11(2,3)4;1-9-6-10(2)8-12(7-9)11(3,4)5;1-9(2,3)10-7-5-4-6-8-10;;/h4-5,7,9H,6,8,10H2,1-3H3;4-7H,8-10H2,1-3H3;4-9H2,1-3H3;2*10H,5-8H2,1-4H3;9-10H,6-8H2,1-5H3;4-8H2,1-3H3;2*1H4. The molecular formula is C81H151N7O4. The fourth-order valence-electron chi connectivity index (χ4n) is 14.5. The van der Waals surface area contributed by atoms with Crippen molar-refractivity contribution in [1.82, 2.24) is 29.4 Å². The molecule has 10 rings (SSSR count). The molecule has 4 atom stereocenters. The molecule has 11 nitrogen and oxygen atoms in total. The molecule has 8 aliphatic rings. The number of likely N-dealkylation sites (tertiary alicyclic amines) is 5. The highest BCUT2D eigenvalue weighted by molar-refractivity contribution is 5.81. The number of fused-ring (bicyclic) bond motifs is 2. The Morgan fingerprint density at radius 1 is 0.424 bits per heavy atom. The third-order valence-electron chi connectivity index (χ3n) is 20.2. The van der Waals surface area contributed by atoms with Gasteiger partial charge < -0.3 is 14.4 Å². The van der Waals surface area contributed by atoms with Crippen LogP contribution in [0.15, 0.2) is 48.5 Å². The van der Waals surface area contributed by atoms with E-state index in [4.69, 9.17) is 9.47 Å². The largest absolute Gasteiger partial charge is 0.366 e. The minimum atomic E-state index is -0.220. The molecule has 11 heteroatoms. The maximum Gasteiger partial charge on any atom is 0.170 e. The monoisotopic (exact) mass is 1290 g/mol. The Labute approximate surface area is 571 Å². The van der Waals surface area contributed by atoms with Gasteiger partial charge in [0.25, 0.3) is 0 Å². The molecule has 2 aromatic carbocycles. The van der Waals surface area contributed by atoms with Crippen LogP contribution in [0.25, 0.3) is 0 Å². The van der Waals surface area contributed by atoms with Crippen molar-refractivity contribution in [3.63, 3.8) is 0 Å². The van der Waals surface area contributed by atoms with Crippen molar-refractivity contribution in [1.29, 1.82) is 0 Å². The Hall–Kier alpha value is -2.74. The number of nitrogens with zero attached hydrogens (tertiary/aromatic N) is 7. The number of hydrogen-bond donors (Lipinski definition) is 0. The molecule has 0 amide bonds. The zero-order valence-corrected chi connectivity index (χ0v) is 63.5. The Morgan fingerprint density at radius 2 is 0.891 bits per heavy atom. The van der Waals surface area contributed by atoms with Crippen molar-refractivity contribution in [3.8, 4) is 0 Å². The van der Waals surface area contributed by atoms with Crippen LogP contribution >= 0.6 is 0 Å². The molecule has 8 aliphatic heterocycles. The lowest BCUT2D eigenvalue weighted by Gasteiger charge is -2.43. The predicted octanol–water partition coefficient (Wildman–Crippen LogP) is 18.3. The smallest absolute Gasteiger partial charge is 0.170 e. The molecule has 0 bridgehead atoms. The lowest BCUT2D eigenvalue weighted by atomic mass is 9.88. The normalized spacial score (nSPS) is 23.9. The van der Waals surface area contributed by atoms with Gasteiger partial charge in [0.05, 0.1) is 19.3 Å². The number of piperidine rings is 5. The van der Waals surface area contributed by atoms with Gasteiger partial charge in [0.2, 0.25) is 0 Å². The molecule has 92 heavy (non-hydrogen) atoms. The summed E-state index contributed by atoms with van der Waals surface area (Å²) in [5.74, 6) is 2.51. The van der Waals surface area contributed by atoms with Crippen LogP contribution in [-0.4, -0.2) is 177 Å². The van der Waals surface area contributed by atoms with Crippen LogP contribution in [0.3, 0.4) is 0 Å². The number of para-hydroxylation sites is 1. The Kier molecular flexibility index (Phi) is 34.6. The lowest BCUT2D eigenvalue weighted by molar-refractivity contribution is -0.190. The minimum Gasteiger partial charge on any atom is -0.366 e. The van der Waals surface area contributed by atoms with Gasteiger partial charge in [0, 0.05) is 116 Å². The highest BCUT2D eigenvalue weighted by Gasteiger charge is 2.42. The van der Waals surface area contributed by atoms with Crippen LogP contribution in [0, 0.1) is 17.8 Å². The van der Waals surface area contributed by atoms with E-state index in [0.717, 1.165) is 90.0 Å². The molecule has 4 unspecified atom stereocenters. The van der Waals surface area contributed by atoms with Crippen molar-refractivity contribution in [2.75, 3.05) is 90.1 Å². The van der Waals surface area contributed by atoms with Crippen LogP contribution in [0.1, 0.15) is 282 Å². The third kappa shape index (κ3) is 28.8. The van der Waals surface area contributed by atoms with Crippen molar-refractivity contribution in [2.24, 2.45) is 17.8 Å². The summed E-state index contributed by atoms with van der Waals surface area (Å²) in [4.78, 5) is 40.2. The molecule has 0 radical (unpaired) electrons. The first-order valence-corrected chi connectivity index (χ1v) is 36.2. The number of ether oxygens (including phenoxy) is 2. The van der Waals surface area contributed by atoms with E-state index in [1.807, 2.05) is 0 Å². The van der Waals surface area contributed by atoms with E-state index in [0.29, 0.717) is 28.2 Å². The molecule has 0 aromatic heterocycles. The van der Waals surface area contributed by atoms with Gasteiger partial charge in [-0.25, -0.2) is 0 Å². The van der Waals surface area contributed by atoms with Crippen molar-refractivity contribution in [3.05, 3.63) is 65.2 Å². The maximum absolute atomic E-state index is 11.4. The highest BCUT2D eigenvalue weighted by Crippen LogP contribution is 2.35. The topological polar surface area (TPSA) is 75.3 Å². The quantitative estimate of drug-likeness (QED) is 0.289. The number of rotatable bonds is 2. The Bertz CT molecular complexity index is 2380. The summed E-state index contributed by atoms with van der Waals surface area (Å²) >= 11 is 0. The summed E-state index contributed by atoms with van der Waals surface area (Å²) in [5.41, 5.74) is 7.93. The first-order chi connectivity index (χ1) is 41.5. The number of ketones is 2. The fraction of sp³-hybridized carbons (Fsp3) is 0.827. The maximum atomic E-state index is 11.4. The molecule has 0 aliphatic carbocycles. The molecule has 6 saturated heterocycles. The van der Waals surface area contributed by atoms with Crippen LogP contribution in [-0.2, 0) is 38.4 Å². The predicted molar refractivity (Wildman–Crippen MR) is 400 cm³/mol. The Balaban J connectivity index is 0.000000365. The van der Waals surface area contributed by atoms with Gasteiger partial charge >= 0.3 is 0 Å². The number of aryl methyl sites for hydroxylation is 1. The molecular weight excluding hydrogens is 1130 g/mol. The molecule has 0 N–H and O–H groups in total. The second-order valence-electron chi connectivity index (χ2n) is 35.2. The van der Waals surface area contributed by atoms with Crippen LogP contribution in [0.5, 0.6) is 0 Å². The SMILES string of the molecule is C.C.CC(=O)C1CCCCN1C(C)(C)C.CC(=O)C1CCCN(C(C)(C)C)C1.CC(C)(C)N1CCC2(CC1)OCCO2.CC(C)(C)N1CCCCC1.CC(C)(C)N1CCCc2ccccc21.CC(C)(C)N1CCc2ccccc2C1.CC1CC(C)CN(C(C)(C)C)C1. The summed E-state index contributed by atoms with van der Waals surface area (Å²) in [5, 5.41) is 0. The summed E-state index contributed by atoms with van der Waals surface area (Å²) in [6.07, 6.45) is 17.2. The van der Waals surface area contributed by atoms with E-state index in [9.17, 15) is 9.59 Å². The van der Waals surface area contributed by atoms with E-state index >= 15 is 0 Å². The van der Waals surface area contributed by atoms with E-state index in [1.54, 1.807) is 13.8 Å². The van der Waals surface area contributed by atoms with Crippen molar-refractivity contribution >= 4 is 17.3 Å². The second-order valence-corrected chi connectivity index (χ2v) is 35.2. The number of carbonyl (C=O) groups is 2. The molecule has 0 saturated carbocycles. The zero-order valence-electron chi connectivity index (χ0n) is 63.5. The van der Waals surface area contributed by atoms with Gasteiger partial charge in [-0.05, 0) is 284 Å². The van der Waals surface area contributed by atoms with Gasteiger partial charge in [-0.1, -0.05) is 84.0 Å². The summed E-state index contributed by atoms with van der Waals surface area (Å²) < 4.78 is 11.4. The summed E-state index contributed by atoms with van der Waals surface area (Å²) in [6, 6.07) is 17.8. The average molecular weight is 1290 g/mol. The zero-order chi connectivity index (χ0) is 67.7. The number of anilines is 1. The summed E-state index contributed by atoms with van der Waals surface area (Å²) in [7, 11) is 0. The van der Waals surface area contributed by atoms with E-state index < -0.39 is 0 Å². The third-order valence-corrected chi connectivity index (χ3v) is 20.2. The van der Waals surface area contributed by atoms with Crippen LogP contribution < -0.4 is 4.90 Å². The van der Waals surface area contributed by atoms with Crippen LogP contribution in [0.4, 0.5) is 5.69 Å². The minimum absolute atomic E-state index is 0. The van der Waals surface area contributed by atoms with Gasteiger partial charge in [-0.15, -0.1) is 0 Å². The molecule has 534 valence electrons. The van der Waals surface area contributed by atoms with Gasteiger partial charge in [-0.2, -0.15) is 0 Å². The van der Waals surface area contributed by atoms with E-state index in [-0.39, 0.29) is 54.8 Å². The molecule has 8 heterocycles. The fourth-order valence-corrected chi connectivity index (χ4v) is 14.5. The second kappa shape index (κ2) is 37.3. The molecule has 6 fully saturated rings. The van der Waals surface area contributed by atoms with E-state index in [2.05, 4.69) is 242 Å². The first-order valence-electron chi connectivity index (χ1n) is 36.2. The molecule has 1 spiro atoms. The molecule has 2 aromatic rings. The average Bonchev–Trinajstić information content (AvgIpc) is 1.18. The van der Waals surface area contributed by atoms with Gasteiger partial charge in [0.1, 0.15) is 11.6 Å². The Morgan fingerprint density at radius 3 is 1.35 bits per heavy atom.